The SMILES string of the molecule is OCc1ccc(C(F)(F)F)nn1. The van der Waals surface area contributed by atoms with Crippen molar-refractivity contribution in [2.24, 2.45) is 0 Å². The van der Waals surface area contributed by atoms with Crippen LogP contribution in [-0.4, -0.2) is 15.3 Å². The largest absolute Gasteiger partial charge is 0.435 e. The summed E-state index contributed by atoms with van der Waals surface area (Å²) >= 11 is 0. The van der Waals surface area contributed by atoms with Crippen molar-refractivity contribution in [1.29, 1.82) is 0 Å². The van der Waals surface area contributed by atoms with Gasteiger partial charge in [-0.3, -0.25) is 0 Å². The van der Waals surface area contributed by atoms with Gasteiger partial charge in [-0.25, -0.2) is 0 Å². The molecule has 1 N–H and O–H groups in total. The molecular weight excluding hydrogens is 173 g/mol. The molecule has 1 aromatic heterocycles. The molecule has 12 heavy (non-hydrogen) atoms. The lowest BCUT2D eigenvalue weighted by Crippen LogP contribution is -2.09. The minimum atomic E-state index is -4.47. The van der Waals surface area contributed by atoms with E-state index in [0.717, 1.165) is 12.1 Å². The summed E-state index contributed by atoms with van der Waals surface area (Å²) in [6.07, 6.45) is -4.47. The van der Waals surface area contributed by atoms with Crippen molar-refractivity contribution in [3.05, 3.63) is 23.5 Å². The highest BCUT2D eigenvalue weighted by atomic mass is 19.4. The summed E-state index contributed by atoms with van der Waals surface area (Å²) in [5, 5.41) is 14.5. The van der Waals surface area contributed by atoms with Gasteiger partial charge in [0.05, 0.1) is 12.3 Å². The van der Waals surface area contributed by atoms with Gasteiger partial charge in [0.15, 0.2) is 5.69 Å². The molecule has 0 aliphatic carbocycles. The zero-order chi connectivity index (χ0) is 9.19. The molecule has 0 atom stereocenters. The first-order valence-electron chi connectivity index (χ1n) is 3.04. The van der Waals surface area contributed by atoms with Gasteiger partial charge >= 0.3 is 6.18 Å². The number of aliphatic hydroxyl groups is 1. The van der Waals surface area contributed by atoms with Gasteiger partial charge in [0.25, 0.3) is 0 Å². The normalized spacial score (nSPS) is 11.7. The maximum absolute atomic E-state index is 11.9. The zero-order valence-electron chi connectivity index (χ0n) is 5.84. The number of hydrogen-bond donors (Lipinski definition) is 1. The number of halogens is 3. The number of nitrogens with zero attached hydrogens (tertiary/aromatic N) is 2. The average molecular weight is 178 g/mol. The standard InChI is InChI=1S/C6H5F3N2O/c7-6(8,9)5-2-1-4(3-12)10-11-5/h1-2,12H,3H2. The van der Waals surface area contributed by atoms with Crippen LogP contribution in [0.5, 0.6) is 0 Å². The molecule has 0 amide bonds. The number of aromatic nitrogens is 2. The van der Waals surface area contributed by atoms with Crippen LogP contribution in [0.15, 0.2) is 12.1 Å². The van der Waals surface area contributed by atoms with Gasteiger partial charge in [-0.15, -0.1) is 5.10 Å². The number of aliphatic hydroxyl groups excluding tert-OH is 1. The summed E-state index contributed by atoms with van der Waals surface area (Å²) in [7, 11) is 0. The molecule has 66 valence electrons. The van der Waals surface area contributed by atoms with E-state index in [1.807, 2.05) is 0 Å². The summed E-state index contributed by atoms with van der Waals surface area (Å²) in [6, 6.07) is 1.86. The summed E-state index contributed by atoms with van der Waals surface area (Å²) in [5.41, 5.74) is -0.942. The van der Waals surface area contributed by atoms with E-state index in [1.165, 1.54) is 0 Å². The fourth-order valence-corrected chi connectivity index (χ4v) is 0.595. The molecule has 1 heterocycles. The Kier molecular flexibility index (Phi) is 2.27. The molecule has 0 saturated carbocycles. The quantitative estimate of drug-likeness (QED) is 0.697. The molecule has 1 aromatic rings. The number of hydrogen-bond acceptors (Lipinski definition) is 3. The van der Waals surface area contributed by atoms with E-state index < -0.39 is 18.5 Å². The third-order valence-corrected chi connectivity index (χ3v) is 1.17. The van der Waals surface area contributed by atoms with Crippen molar-refractivity contribution in [2.75, 3.05) is 0 Å². The minimum Gasteiger partial charge on any atom is -0.390 e. The Morgan fingerprint density at radius 2 is 1.92 bits per heavy atom. The Balaban J connectivity index is 2.93. The molecule has 0 aromatic carbocycles. The van der Waals surface area contributed by atoms with Crippen LogP contribution in [0.3, 0.4) is 0 Å². The second-order valence-corrected chi connectivity index (χ2v) is 2.07. The third kappa shape index (κ3) is 1.91. The maximum atomic E-state index is 11.9. The van der Waals surface area contributed by atoms with Crippen LogP contribution >= 0.6 is 0 Å². The predicted molar refractivity (Wildman–Crippen MR) is 33.0 cm³/mol. The number of alkyl halides is 3. The lowest BCUT2D eigenvalue weighted by Gasteiger charge is -2.03. The van der Waals surface area contributed by atoms with Crippen molar-refractivity contribution < 1.29 is 18.3 Å². The molecule has 1 rings (SSSR count). The first-order chi connectivity index (χ1) is 5.54. The predicted octanol–water partition coefficient (Wildman–Crippen LogP) is 0.988. The fraction of sp³-hybridized carbons (Fsp3) is 0.333. The summed E-state index contributed by atoms with van der Waals surface area (Å²) < 4.78 is 35.6. The van der Waals surface area contributed by atoms with E-state index in [0.29, 0.717) is 0 Å². The van der Waals surface area contributed by atoms with E-state index in [1.54, 1.807) is 0 Å². The van der Waals surface area contributed by atoms with Gasteiger partial charge in [-0.05, 0) is 12.1 Å². The van der Waals surface area contributed by atoms with Crippen molar-refractivity contribution in [1.82, 2.24) is 10.2 Å². The van der Waals surface area contributed by atoms with E-state index in [2.05, 4.69) is 10.2 Å². The van der Waals surface area contributed by atoms with Gasteiger partial charge < -0.3 is 5.11 Å². The highest BCUT2D eigenvalue weighted by molar-refractivity contribution is 5.08. The average Bonchev–Trinajstić information content (AvgIpc) is 2.03. The molecule has 0 saturated heterocycles. The highest BCUT2D eigenvalue weighted by Gasteiger charge is 2.32. The lowest BCUT2D eigenvalue weighted by molar-refractivity contribution is -0.141. The van der Waals surface area contributed by atoms with Crippen LogP contribution in [0.4, 0.5) is 13.2 Å². The van der Waals surface area contributed by atoms with E-state index >= 15 is 0 Å². The van der Waals surface area contributed by atoms with Crippen LogP contribution in [0.25, 0.3) is 0 Å². The maximum Gasteiger partial charge on any atom is 0.435 e. The summed E-state index contributed by atoms with van der Waals surface area (Å²) in [6.45, 7) is -0.412. The molecule has 0 aliphatic rings. The topological polar surface area (TPSA) is 46.0 Å². The summed E-state index contributed by atoms with van der Waals surface area (Å²) in [5.74, 6) is 0. The first-order valence-corrected chi connectivity index (χ1v) is 3.04. The van der Waals surface area contributed by atoms with Crippen molar-refractivity contribution in [3.63, 3.8) is 0 Å². The van der Waals surface area contributed by atoms with E-state index in [9.17, 15) is 13.2 Å². The van der Waals surface area contributed by atoms with Gasteiger partial charge in [0.2, 0.25) is 0 Å². The Bertz CT molecular complexity index is 256. The van der Waals surface area contributed by atoms with Crippen molar-refractivity contribution >= 4 is 0 Å². The summed E-state index contributed by atoms with van der Waals surface area (Å²) in [4.78, 5) is 0. The van der Waals surface area contributed by atoms with E-state index in [-0.39, 0.29) is 5.69 Å². The molecule has 0 radical (unpaired) electrons. The molecule has 0 aliphatic heterocycles. The van der Waals surface area contributed by atoms with Gasteiger partial charge in [0.1, 0.15) is 0 Å². The molecule has 0 spiro atoms. The van der Waals surface area contributed by atoms with Gasteiger partial charge in [-0.2, -0.15) is 18.3 Å². The first kappa shape index (κ1) is 8.92. The minimum absolute atomic E-state index is 0.114. The monoisotopic (exact) mass is 178 g/mol. The van der Waals surface area contributed by atoms with E-state index in [4.69, 9.17) is 5.11 Å². The second-order valence-electron chi connectivity index (χ2n) is 2.07. The highest BCUT2D eigenvalue weighted by Crippen LogP contribution is 2.26. The second kappa shape index (κ2) is 3.06. The van der Waals surface area contributed by atoms with Crippen LogP contribution in [0.1, 0.15) is 11.4 Å². The van der Waals surface area contributed by atoms with Gasteiger partial charge in [0, 0.05) is 0 Å². The van der Waals surface area contributed by atoms with Crippen molar-refractivity contribution in [3.8, 4) is 0 Å². The molecule has 3 nitrogen and oxygen atoms in total. The van der Waals surface area contributed by atoms with Gasteiger partial charge in [-0.1, -0.05) is 0 Å². The lowest BCUT2D eigenvalue weighted by atomic mass is 10.3. The molecular formula is C6H5F3N2O. The molecule has 6 heteroatoms. The Morgan fingerprint density at radius 1 is 1.25 bits per heavy atom. The Morgan fingerprint density at radius 3 is 2.25 bits per heavy atom. The van der Waals surface area contributed by atoms with Crippen LogP contribution in [0, 0.1) is 0 Å². The Hall–Kier alpha value is -1.17. The Labute approximate surface area is 65.9 Å². The smallest absolute Gasteiger partial charge is 0.390 e. The molecule has 0 fully saturated rings. The van der Waals surface area contributed by atoms with Crippen molar-refractivity contribution in [2.45, 2.75) is 12.8 Å². The molecule has 0 unspecified atom stereocenters. The van der Waals surface area contributed by atoms with Crippen LogP contribution < -0.4 is 0 Å². The van der Waals surface area contributed by atoms with Crippen LogP contribution in [0.2, 0.25) is 0 Å². The zero-order valence-corrected chi connectivity index (χ0v) is 5.84. The van der Waals surface area contributed by atoms with Crippen LogP contribution in [-0.2, 0) is 12.8 Å². The molecule has 0 bridgehead atoms. The fourth-order valence-electron chi connectivity index (χ4n) is 0.595. The number of rotatable bonds is 1. The third-order valence-electron chi connectivity index (χ3n) is 1.17.